The molecule has 16 heavy (non-hydrogen) atoms. The van der Waals surface area contributed by atoms with E-state index in [0.29, 0.717) is 6.54 Å². The lowest BCUT2D eigenvalue weighted by atomic mass is 10.2. The first-order valence-electron chi connectivity index (χ1n) is 5.44. The smallest absolute Gasteiger partial charge is 0.142 e. The number of halogens is 3. The van der Waals surface area contributed by atoms with Crippen LogP contribution in [0.2, 0.25) is 5.02 Å². The van der Waals surface area contributed by atoms with Gasteiger partial charge in [0, 0.05) is 6.54 Å². The zero-order valence-electron chi connectivity index (χ0n) is 9.11. The maximum absolute atomic E-state index is 13.1. The van der Waals surface area contributed by atoms with E-state index in [0.717, 1.165) is 12.1 Å². The summed E-state index contributed by atoms with van der Waals surface area (Å²) in [4.78, 5) is 0. The molecule has 0 radical (unpaired) electrons. The summed E-state index contributed by atoms with van der Waals surface area (Å²) in [6, 6.07) is 4.94. The van der Waals surface area contributed by atoms with Crippen molar-refractivity contribution in [2.75, 3.05) is 11.0 Å². The number of hydrogen-bond acceptors (Lipinski definition) is 1. The molecule has 90 valence electrons. The monoisotopic (exact) mass is 355 g/mol. The maximum Gasteiger partial charge on any atom is 0.142 e. The van der Waals surface area contributed by atoms with Crippen molar-refractivity contribution >= 4 is 34.2 Å². The Kier molecular flexibility index (Phi) is 7.32. The van der Waals surface area contributed by atoms with Crippen molar-refractivity contribution < 1.29 is 4.39 Å². The third kappa shape index (κ3) is 5.46. The van der Waals surface area contributed by atoms with E-state index in [1.54, 1.807) is 6.07 Å². The van der Waals surface area contributed by atoms with Crippen LogP contribution < -0.4 is 5.32 Å². The van der Waals surface area contributed by atoms with Crippen LogP contribution in [0.15, 0.2) is 18.2 Å². The lowest BCUT2D eigenvalue weighted by Gasteiger charge is -2.05. The molecule has 0 aromatic heterocycles. The van der Waals surface area contributed by atoms with Crippen LogP contribution in [0, 0.1) is 5.82 Å². The molecule has 1 aromatic rings. The van der Waals surface area contributed by atoms with Gasteiger partial charge in [-0.25, -0.2) is 4.39 Å². The van der Waals surface area contributed by atoms with Crippen LogP contribution in [0.25, 0.3) is 0 Å². The fourth-order valence-electron chi connectivity index (χ4n) is 1.40. The van der Waals surface area contributed by atoms with E-state index in [9.17, 15) is 4.39 Å². The van der Waals surface area contributed by atoms with Crippen LogP contribution in [0.4, 0.5) is 4.39 Å². The zero-order chi connectivity index (χ0) is 11.8. The van der Waals surface area contributed by atoms with E-state index in [1.807, 2.05) is 6.07 Å². The van der Waals surface area contributed by atoms with Gasteiger partial charge in [-0.3, -0.25) is 0 Å². The summed E-state index contributed by atoms with van der Waals surface area (Å²) in [5.74, 6) is -0.342. The molecule has 0 atom stereocenters. The summed E-state index contributed by atoms with van der Waals surface area (Å²) in [6.45, 7) is 1.69. The quantitative estimate of drug-likeness (QED) is 0.440. The number of alkyl halides is 1. The highest BCUT2D eigenvalue weighted by Crippen LogP contribution is 2.15. The number of hydrogen-bond donors (Lipinski definition) is 1. The van der Waals surface area contributed by atoms with Gasteiger partial charge in [0.05, 0.1) is 5.02 Å². The lowest BCUT2D eigenvalue weighted by molar-refractivity contribution is 0.606. The number of benzene rings is 1. The predicted molar refractivity (Wildman–Crippen MR) is 75.9 cm³/mol. The Hall–Kier alpha value is 0.130. The molecule has 0 aliphatic heterocycles. The summed E-state index contributed by atoms with van der Waals surface area (Å²) < 4.78 is 14.3. The standard InChI is InChI=1S/C12H16ClFIN/c13-11-5-4-10(8-12(11)14)9-16-7-3-1-2-6-15/h4-5,8,16H,1-3,6-7,9H2. The lowest BCUT2D eigenvalue weighted by Crippen LogP contribution is -2.14. The molecule has 0 aliphatic carbocycles. The minimum absolute atomic E-state index is 0.186. The summed E-state index contributed by atoms with van der Waals surface area (Å²) in [6.07, 6.45) is 3.71. The molecule has 0 spiro atoms. The Balaban J connectivity index is 2.19. The van der Waals surface area contributed by atoms with Crippen molar-refractivity contribution in [1.82, 2.24) is 5.32 Å². The average molecular weight is 356 g/mol. The zero-order valence-corrected chi connectivity index (χ0v) is 12.0. The molecule has 0 saturated heterocycles. The molecular weight excluding hydrogens is 339 g/mol. The van der Waals surface area contributed by atoms with Gasteiger partial charge in [0.25, 0.3) is 0 Å². The third-order valence-electron chi connectivity index (χ3n) is 2.30. The van der Waals surface area contributed by atoms with Crippen molar-refractivity contribution in [3.05, 3.63) is 34.6 Å². The Morgan fingerprint density at radius 2 is 2.06 bits per heavy atom. The van der Waals surface area contributed by atoms with Crippen molar-refractivity contribution in [2.45, 2.75) is 25.8 Å². The molecule has 4 heteroatoms. The topological polar surface area (TPSA) is 12.0 Å². The van der Waals surface area contributed by atoms with Gasteiger partial charge < -0.3 is 5.32 Å². The van der Waals surface area contributed by atoms with Gasteiger partial charge >= 0.3 is 0 Å². The highest BCUT2D eigenvalue weighted by Gasteiger charge is 2.00. The van der Waals surface area contributed by atoms with Gasteiger partial charge in [-0.1, -0.05) is 46.7 Å². The first-order chi connectivity index (χ1) is 7.74. The summed E-state index contributed by atoms with van der Waals surface area (Å²) in [5.41, 5.74) is 0.941. The summed E-state index contributed by atoms with van der Waals surface area (Å²) in [7, 11) is 0. The fraction of sp³-hybridized carbons (Fsp3) is 0.500. The SMILES string of the molecule is Fc1cc(CNCCCCCI)ccc1Cl. The fourth-order valence-corrected chi connectivity index (χ4v) is 2.06. The first kappa shape index (κ1) is 14.2. The molecule has 1 rings (SSSR count). The third-order valence-corrected chi connectivity index (χ3v) is 3.37. The van der Waals surface area contributed by atoms with E-state index < -0.39 is 0 Å². The Labute approximate surface area is 115 Å². The summed E-state index contributed by atoms with van der Waals surface area (Å²) in [5, 5.41) is 3.48. The van der Waals surface area contributed by atoms with Gasteiger partial charge in [-0.15, -0.1) is 0 Å². The molecule has 1 N–H and O–H groups in total. The number of nitrogens with one attached hydrogen (secondary N) is 1. The van der Waals surface area contributed by atoms with Gasteiger partial charge in [0.1, 0.15) is 5.82 Å². The maximum atomic E-state index is 13.1. The van der Waals surface area contributed by atoms with Crippen LogP contribution in [0.5, 0.6) is 0 Å². The van der Waals surface area contributed by atoms with Gasteiger partial charge in [0.15, 0.2) is 0 Å². The number of rotatable bonds is 7. The van der Waals surface area contributed by atoms with Gasteiger partial charge in [-0.05, 0) is 41.5 Å². The molecule has 0 heterocycles. The van der Waals surface area contributed by atoms with E-state index in [2.05, 4.69) is 27.9 Å². The molecule has 1 aromatic carbocycles. The number of unbranched alkanes of at least 4 members (excludes halogenated alkanes) is 2. The van der Waals surface area contributed by atoms with Crippen LogP contribution in [0.3, 0.4) is 0 Å². The second-order valence-electron chi connectivity index (χ2n) is 3.67. The second kappa shape index (κ2) is 8.25. The highest BCUT2D eigenvalue weighted by atomic mass is 127. The molecule has 0 bridgehead atoms. The van der Waals surface area contributed by atoms with Crippen LogP contribution in [-0.4, -0.2) is 11.0 Å². The normalized spacial score (nSPS) is 10.7. The average Bonchev–Trinajstić information content (AvgIpc) is 2.28. The molecular formula is C12H16ClFIN. The van der Waals surface area contributed by atoms with E-state index in [-0.39, 0.29) is 10.8 Å². The van der Waals surface area contributed by atoms with Crippen molar-refractivity contribution in [3.63, 3.8) is 0 Å². The van der Waals surface area contributed by atoms with Gasteiger partial charge in [0.2, 0.25) is 0 Å². The van der Waals surface area contributed by atoms with Crippen molar-refractivity contribution in [3.8, 4) is 0 Å². The minimum atomic E-state index is -0.342. The highest BCUT2D eigenvalue weighted by molar-refractivity contribution is 14.1. The largest absolute Gasteiger partial charge is 0.313 e. The van der Waals surface area contributed by atoms with Crippen LogP contribution in [-0.2, 0) is 6.54 Å². The first-order valence-corrected chi connectivity index (χ1v) is 7.35. The Morgan fingerprint density at radius 1 is 1.25 bits per heavy atom. The van der Waals surface area contributed by atoms with Crippen LogP contribution >= 0.6 is 34.2 Å². The predicted octanol–water partition coefficient (Wildman–Crippen LogP) is 4.17. The molecule has 1 nitrogen and oxygen atoms in total. The molecule has 0 saturated carbocycles. The molecule has 0 unspecified atom stereocenters. The Bertz CT molecular complexity index is 320. The second-order valence-corrected chi connectivity index (χ2v) is 5.16. The van der Waals surface area contributed by atoms with Crippen molar-refractivity contribution in [1.29, 1.82) is 0 Å². The molecule has 0 aliphatic rings. The van der Waals surface area contributed by atoms with E-state index >= 15 is 0 Å². The summed E-state index contributed by atoms with van der Waals surface area (Å²) >= 11 is 7.99. The van der Waals surface area contributed by atoms with E-state index in [4.69, 9.17) is 11.6 Å². The minimum Gasteiger partial charge on any atom is -0.313 e. The molecule has 0 amide bonds. The molecule has 0 fully saturated rings. The van der Waals surface area contributed by atoms with Crippen molar-refractivity contribution in [2.24, 2.45) is 0 Å². The van der Waals surface area contributed by atoms with Crippen LogP contribution in [0.1, 0.15) is 24.8 Å². The Morgan fingerprint density at radius 3 is 2.75 bits per heavy atom. The van der Waals surface area contributed by atoms with E-state index in [1.165, 1.54) is 29.8 Å². The van der Waals surface area contributed by atoms with Gasteiger partial charge in [-0.2, -0.15) is 0 Å².